The van der Waals surface area contributed by atoms with Crippen LogP contribution in [0.15, 0.2) is 23.8 Å². The summed E-state index contributed by atoms with van der Waals surface area (Å²) in [6.07, 6.45) is -2.71. The van der Waals surface area contributed by atoms with E-state index < -0.39 is 49.5 Å². The van der Waals surface area contributed by atoms with Crippen molar-refractivity contribution in [3.05, 3.63) is 23.8 Å². The molecule has 0 spiro atoms. The quantitative estimate of drug-likeness (QED) is 0.330. The molecular weight excluding hydrogens is 294 g/mol. The molecule has 1 heterocycles. The number of hydrogen-bond donors (Lipinski definition) is 6. The number of ether oxygens (including phenoxy) is 2. The highest BCUT2D eigenvalue weighted by atomic mass is 16.7. The molecule has 1 aliphatic heterocycles. The first kappa shape index (κ1) is 17.5. The Morgan fingerprint density at radius 3 is 2.59 bits per heavy atom. The first-order valence-electron chi connectivity index (χ1n) is 7.20. The topological polar surface area (TPSA) is 146 Å². The zero-order valence-corrected chi connectivity index (χ0v) is 12.0. The molecule has 0 unspecified atom stereocenters. The highest BCUT2D eigenvalue weighted by molar-refractivity contribution is 5.28. The van der Waals surface area contributed by atoms with Gasteiger partial charge in [0.15, 0.2) is 6.29 Å². The van der Waals surface area contributed by atoms with Crippen LogP contribution in [0.4, 0.5) is 0 Å². The predicted molar refractivity (Wildman–Crippen MR) is 75.5 cm³/mol. The number of aliphatic hydroxyl groups is 5. The molecule has 1 saturated heterocycles. The number of rotatable bonds is 4. The minimum absolute atomic E-state index is 0.247. The maximum absolute atomic E-state index is 9.97. The molecule has 0 aromatic heterocycles. The highest BCUT2D eigenvalue weighted by Gasteiger charge is 2.45. The van der Waals surface area contributed by atoms with E-state index in [4.69, 9.17) is 20.3 Å². The van der Waals surface area contributed by atoms with Crippen molar-refractivity contribution in [2.45, 2.75) is 49.3 Å². The molecule has 0 aromatic carbocycles. The molecule has 8 heteroatoms. The van der Waals surface area contributed by atoms with Crippen molar-refractivity contribution in [1.82, 2.24) is 0 Å². The number of aliphatic hydroxyl groups excluding tert-OH is 5. The van der Waals surface area contributed by atoms with Crippen LogP contribution in [0.1, 0.15) is 6.42 Å². The van der Waals surface area contributed by atoms with Gasteiger partial charge in [-0.15, -0.1) is 0 Å². The second-order valence-electron chi connectivity index (χ2n) is 5.42. The molecule has 0 aromatic rings. The summed E-state index contributed by atoms with van der Waals surface area (Å²) in [4.78, 5) is 0. The summed E-state index contributed by atoms with van der Waals surface area (Å²) in [6, 6.07) is 0. The van der Waals surface area contributed by atoms with Crippen molar-refractivity contribution in [3.8, 4) is 0 Å². The average molecular weight is 317 g/mol. The number of hydrogen-bond acceptors (Lipinski definition) is 8. The normalized spacial score (nSPS) is 44.5. The van der Waals surface area contributed by atoms with Crippen LogP contribution in [0, 0.1) is 0 Å². The van der Waals surface area contributed by atoms with Crippen molar-refractivity contribution < 1.29 is 35.0 Å². The van der Waals surface area contributed by atoms with Crippen LogP contribution in [0.2, 0.25) is 0 Å². The molecule has 2 aliphatic rings. The Morgan fingerprint density at radius 2 is 1.95 bits per heavy atom. The van der Waals surface area contributed by atoms with Gasteiger partial charge in [0.2, 0.25) is 0 Å². The fourth-order valence-electron chi connectivity index (χ4n) is 2.57. The lowest BCUT2D eigenvalue weighted by atomic mass is 9.95. The molecule has 1 aliphatic carbocycles. The number of nitrogens with two attached hydrogens (primary N) is 1. The molecule has 22 heavy (non-hydrogen) atoms. The van der Waals surface area contributed by atoms with Crippen LogP contribution in [0.5, 0.6) is 0 Å². The maximum Gasteiger partial charge on any atom is 0.187 e. The lowest BCUT2D eigenvalue weighted by Crippen LogP contribution is -2.59. The minimum Gasteiger partial charge on any atom is -0.394 e. The molecule has 126 valence electrons. The van der Waals surface area contributed by atoms with Crippen LogP contribution < -0.4 is 5.73 Å². The van der Waals surface area contributed by atoms with E-state index in [0.717, 1.165) is 5.57 Å². The van der Waals surface area contributed by atoms with E-state index >= 15 is 0 Å². The standard InChI is InChI=1S/C14H23NO7/c15-4-3-7-1-2-8(17)5-9(7)21-14-13(20)12(19)11(18)10(6-16)22-14/h1-3,8-14,16-20H,4-6,15H2/t8-,9+,10-,11-,12+,13-,14-/m1/s1. The Kier molecular flexibility index (Phi) is 6.07. The predicted octanol–water partition coefficient (Wildman–Crippen LogP) is -2.62. The molecule has 0 amide bonds. The summed E-state index contributed by atoms with van der Waals surface area (Å²) >= 11 is 0. The Bertz CT molecular complexity index is 425. The summed E-state index contributed by atoms with van der Waals surface area (Å²) in [6.45, 7) is -0.242. The third kappa shape index (κ3) is 3.73. The van der Waals surface area contributed by atoms with E-state index in [9.17, 15) is 20.4 Å². The van der Waals surface area contributed by atoms with E-state index in [-0.39, 0.29) is 13.0 Å². The highest BCUT2D eigenvalue weighted by Crippen LogP contribution is 2.28. The SMILES string of the molecule is NCC=C1C=C[C@@H](O)C[C@@H]1O[C@@H]1O[C@H](CO)[C@@H](O)[C@H](O)[C@H]1O. The van der Waals surface area contributed by atoms with E-state index in [2.05, 4.69) is 0 Å². The summed E-state index contributed by atoms with van der Waals surface area (Å²) in [7, 11) is 0. The van der Waals surface area contributed by atoms with Crippen LogP contribution in [-0.2, 0) is 9.47 Å². The van der Waals surface area contributed by atoms with Crippen LogP contribution in [0.3, 0.4) is 0 Å². The summed E-state index contributed by atoms with van der Waals surface area (Å²) in [5, 5.41) is 48.3. The third-order valence-corrected chi connectivity index (χ3v) is 3.84. The molecule has 8 nitrogen and oxygen atoms in total. The van der Waals surface area contributed by atoms with Gasteiger partial charge in [0.25, 0.3) is 0 Å². The van der Waals surface area contributed by atoms with Gasteiger partial charge in [0, 0.05) is 13.0 Å². The van der Waals surface area contributed by atoms with E-state index in [1.165, 1.54) is 0 Å². The molecule has 1 fully saturated rings. The first-order chi connectivity index (χ1) is 10.5. The average Bonchev–Trinajstić information content (AvgIpc) is 2.50. The molecule has 0 saturated carbocycles. The molecule has 7 atom stereocenters. The van der Waals surface area contributed by atoms with Crippen molar-refractivity contribution in [2.75, 3.05) is 13.2 Å². The van der Waals surface area contributed by atoms with Gasteiger partial charge in [-0.25, -0.2) is 0 Å². The van der Waals surface area contributed by atoms with Crippen molar-refractivity contribution in [1.29, 1.82) is 0 Å². The van der Waals surface area contributed by atoms with Gasteiger partial charge in [-0.3, -0.25) is 0 Å². The second kappa shape index (κ2) is 7.62. The van der Waals surface area contributed by atoms with Crippen LogP contribution >= 0.6 is 0 Å². The fraction of sp³-hybridized carbons (Fsp3) is 0.714. The largest absolute Gasteiger partial charge is 0.394 e. The zero-order chi connectivity index (χ0) is 16.3. The van der Waals surface area contributed by atoms with E-state index in [1.54, 1.807) is 18.2 Å². The Hall–Kier alpha value is -0.840. The second-order valence-corrected chi connectivity index (χ2v) is 5.42. The summed E-state index contributed by atoms with van der Waals surface area (Å²) in [5.74, 6) is 0. The smallest absolute Gasteiger partial charge is 0.187 e. The van der Waals surface area contributed by atoms with Crippen molar-refractivity contribution in [2.24, 2.45) is 5.73 Å². The molecule has 0 bridgehead atoms. The Morgan fingerprint density at radius 1 is 1.23 bits per heavy atom. The summed E-state index contributed by atoms with van der Waals surface area (Å²) in [5.41, 5.74) is 6.21. The maximum atomic E-state index is 9.97. The monoisotopic (exact) mass is 317 g/mol. The van der Waals surface area contributed by atoms with E-state index in [0.29, 0.717) is 0 Å². The Balaban J connectivity index is 2.10. The molecule has 2 rings (SSSR count). The van der Waals surface area contributed by atoms with Crippen molar-refractivity contribution in [3.63, 3.8) is 0 Å². The van der Waals surface area contributed by atoms with Crippen LogP contribution in [-0.4, -0.2) is 81.6 Å². The van der Waals surface area contributed by atoms with Gasteiger partial charge in [-0.1, -0.05) is 18.2 Å². The molecular formula is C14H23NO7. The van der Waals surface area contributed by atoms with Crippen LogP contribution in [0.25, 0.3) is 0 Å². The third-order valence-electron chi connectivity index (χ3n) is 3.84. The fourth-order valence-corrected chi connectivity index (χ4v) is 2.57. The lowest BCUT2D eigenvalue weighted by molar-refractivity contribution is -0.309. The minimum atomic E-state index is -1.50. The van der Waals surface area contributed by atoms with Gasteiger partial charge in [-0.2, -0.15) is 0 Å². The van der Waals surface area contributed by atoms with Crippen molar-refractivity contribution >= 4 is 0 Å². The first-order valence-corrected chi connectivity index (χ1v) is 7.20. The lowest BCUT2D eigenvalue weighted by Gasteiger charge is -2.41. The Labute approximate surface area is 128 Å². The molecule has 0 radical (unpaired) electrons. The van der Waals surface area contributed by atoms with E-state index in [1.807, 2.05) is 0 Å². The zero-order valence-electron chi connectivity index (χ0n) is 12.0. The molecule has 7 N–H and O–H groups in total. The van der Waals surface area contributed by atoms with Gasteiger partial charge in [0.1, 0.15) is 24.4 Å². The van der Waals surface area contributed by atoms with Gasteiger partial charge in [0.05, 0.1) is 18.8 Å². The van der Waals surface area contributed by atoms with Gasteiger partial charge in [-0.05, 0) is 5.57 Å². The summed E-state index contributed by atoms with van der Waals surface area (Å²) < 4.78 is 10.9. The van der Waals surface area contributed by atoms with Gasteiger partial charge >= 0.3 is 0 Å². The van der Waals surface area contributed by atoms with Gasteiger partial charge < -0.3 is 40.7 Å².